The van der Waals surface area contributed by atoms with Gasteiger partial charge in [0.05, 0.1) is 5.52 Å². The van der Waals surface area contributed by atoms with E-state index in [2.05, 4.69) is 4.98 Å². The third-order valence-electron chi connectivity index (χ3n) is 3.49. The average Bonchev–Trinajstić information content (AvgIpc) is 3.10. The summed E-state index contributed by atoms with van der Waals surface area (Å²) < 4.78 is 28.8. The Morgan fingerprint density at radius 2 is 2.05 bits per heavy atom. The molecule has 5 nitrogen and oxygen atoms in total. The van der Waals surface area contributed by atoms with Gasteiger partial charge in [0.15, 0.2) is 10.1 Å². The normalized spacial score (nSPS) is 12.5. The molecule has 0 atom stereocenters. The number of halogens is 1. The highest BCUT2D eigenvalue weighted by atomic mass is 35.5. The third kappa shape index (κ3) is 1.83. The second kappa shape index (κ2) is 4.58. The number of aryl methyl sites for hydroxylation is 1. The van der Waals surface area contributed by atoms with Gasteiger partial charge in [0, 0.05) is 23.2 Å². The van der Waals surface area contributed by atoms with E-state index in [1.54, 1.807) is 29.9 Å². The molecule has 1 aromatic carbocycles. The molecule has 22 heavy (non-hydrogen) atoms. The zero-order valence-electron chi connectivity index (χ0n) is 11.4. The van der Waals surface area contributed by atoms with Gasteiger partial charge in [-0.25, -0.2) is 8.96 Å². The zero-order chi connectivity index (χ0) is 15.5. The first kappa shape index (κ1) is 13.8. The van der Waals surface area contributed by atoms with Crippen LogP contribution in [0.4, 0.5) is 0 Å². The van der Waals surface area contributed by atoms with E-state index in [0.29, 0.717) is 10.5 Å². The van der Waals surface area contributed by atoms with E-state index in [9.17, 15) is 8.42 Å². The van der Waals surface area contributed by atoms with Gasteiger partial charge in [-0.2, -0.15) is 8.42 Å². The van der Waals surface area contributed by atoms with Crippen molar-refractivity contribution in [2.24, 2.45) is 0 Å². The molecule has 0 saturated heterocycles. The van der Waals surface area contributed by atoms with Crippen LogP contribution >= 0.6 is 22.9 Å². The number of hydrogen-bond donors (Lipinski definition) is 0. The highest BCUT2D eigenvalue weighted by Gasteiger charge is 2.27. The molecule has 0 bridgehead atoms. The first-order chi connectivity index (χ1) is 10.5. The molecule has 8 heteroatoms. The minimum atomic E-state index is -3.83. The highest BCUT2D eigenvalue weighted by Crippen LogP contribution is 2.29. The number of rotatable bonds is 2. The largest absolute Gasteiger partial charge is 0.287 e. The molecule has 4 rings (SSSR count). The summed E-state index contributed by atoms with van der Waals surface area (Å²) in [6.45, 7) is 1.97. The van der Waals surface area contributed by atoms with E-state index < -0.39 is 10.0 Å². The quantitative estimate of drug-likeness (QED) is 0.555. The molecule has 112 valence electrons. The van der Waals surface area contributed by atoms with Crippen LogP contribution in [0.5, 0.6) is 0 Å². The van der Waals surface area contributed by atoms with E-state index in [1.165, 1.54) is 19.7 Å². The van der Waals surface area contributed by atoms with Crippen molar-refractivity contribution in [3.63, 3.8) is 0 Å². The molecule has 4 aromatic rings. The Morgan fingerprint density at radius 1 is 1.23 bits per heavy atom. The van der Waals surface area contributed by atoms with Crippen LogP contribution in [0.2, 0.25) is 5.15 Å². The Labute approximate surface area is 135 Å². The molecule has 0 spiro atoms. The van der Waals surface area contributed by atoms with E-state index in [-0.39, 0.29) is 10.2 Å². The topological polar surface area (TPSA) is 56.4 Å². The van der Waals surface area contributed by atoms with Crippen molar-refractivity contribution < 1.29 is 8.42 Å². The van der Waals surface area contributed by atoms with Crippen LogP contribution in [0.25, 0.3) is 15.9 Å². The molecule has 0 amide bonds. The number of imidazole rings is 1. The van der Waals surface area contributed by atoms with Crippen LogP contribution in [0.15, 0.2) is 47.1 Å². The second-order valence-electron chi connectivity index (χ2n) is 4.94. The Hall–Kier alpha value is -1.83. The van der Waals surface area contributed by atoms with Gasteiger partial charge in [0.2, 0.25) is 5.03 Å². The number of benzene rings is 1. The van der Waals surface area contributed by atoms with Crippen LogP contribution in [-0.2, 0) is 10.0 Å². The highest BCUT2D eigenvalue weighted by molar-refractivity contribution is 7.90. The molecular weight excluding hydrogens is 342 g/mol. The standard InChI is InChI=1S/C14H10ClN3O2S2/c1-9-2-3-11-10(8-9)4-5-18(11)22(19,20)13-12(15)16-14-17(13)6-7-21-14/h2-8H,1H3. The van der Waals surface area contributed by atoms with Crippen LogP contribution in [0.1, 0.15) is 5.56 Å². The van der Waals surface area contributed by atoms with Crippen LogP contribution in [-0.4, -0.2) is 21.8 Å². The fourth-order valence-corrected chi connectivity index (χ4v) is 5.28. The summed E-state index contributed by atoms with van der Waals surface area (Å²) in [4.78, 5) is 4.65. The van der Waals surface area contributed by atoms with Gasteiger partial charge in [-0.1, -0.05) is 23.2 Å². The van der Waals surface area contributed by atoms with Crippen LogP contribution in [0, 0.1) is 6.92 Å². The van der Waals surface area contributed by atoms with Crippen molar-refractivity contribution in [1.29, 1.82) is 0 Å². The fourth-order valence-electron chi connectivity index (χ4n) is 2.51. The van der Waals surface area contributed by atoms with E-state index >= 15 is 0 Å². The number of hydrogen-bond acceptors (Lipinski definition) is 4. The van der Waals surface area contributed by atoms with E-state index in [1.807, 2.05) is 19.1 Å². The number of thiazole rings is 1. The summed E-state index contributed by atoms with van der Waals surface area (Å²) in [6.07, 6.45) is 3.20. The maximum atomic E-state index is 13.0. The van der Waals surface area contributed by atoms with Crippen molar-refractivity contribution in [2.45, 2.75) is 11.9 Å². The summed E-state index contributed by atoms with van der Waals surface area (Å²) in [6, 6.07) is 7.40. The monoisotopic (exact) mass is 351 g/mol. The van der Waals surface area contributed by atoms with Gasteiger partial charge in [0.1, 0.15) is 0 Å². The first-order valence-electron chi connectivity index (χ1n) is 6.43. The molecule has 0 unspecified atom stereocenters. The molecule has 0 aliphatic heterocycles. The number of aromatic nitrogens is 3. The third-order valence-corrected chi connectivity index (χ3v) is 6.34. The number of nitrogens with zero attached hydrogens (tertiary/aromatic N) is 3. The van der Waals surface area contributed by atoms with Gasteiger partial charge < -0.3 is 0 Å². The Bertz CT molecular complexity index is 1120. The van der Waals surface area contributed by atoms with Gasteiger partial charge in [-0.05, 0) is 25.1 Å². The Balaban J connectivity index is 2.04. The van der Waals surface area contributed by atoms with Gasteiger partial charge >= 0.3 is 0 Å². The predicted octanol–water partition coefficient (Wildman–Crippen LogP) is 3.55. The smallest absolute Gasteiger partial charge is 0.278 e. The molecule has 3 aromatic heterocycles. The summed E-state index contributed by atoms with van der Waals surface area (Å²) in [5, 5.41) is 2.62. The van der Waals surface area contributed by atoms with E-state index in [4.69, 9.17) is 11.6 Å². The Morgan fingerprint density at radius 3 is 2.86 bits per heavy atom. The molecule has 3 heterocycles. The molecule has 0 radical (unpaired) electrons. The van der Waals surface area contributed by atoms with Gasteiger partial charge in [0.25, 0.3) is 10.0 Å². The first-order valence-corrected chi connectivity index (χ1v) is 9.12. The minimum Gasteiger partial charge on any atom is -0.278 e. The number of fused-ring (bicyclic) bond motifs is 2. The lowest BCUT2D eigenvalue weighted by atomic mass is 10.2. The van der Waals surface area contributed by atoms with Gasteiger partial charge in [-0.15, -0.1) is 11.3 Å². The lowest BCUT2D eigenvalue weighted by Gasteiger charge is -2.07. The average molecular weight is 352 g/mol. The Kier molecular flexibility index (Phi) is 2.87. The summed E-state index contributed by atoms with van der Waals surface area (Å²) in [5.41, 5.74) is 1.69. The summed E-state index contributed by atoms with van der Waals surface area (Å²) >= 11 is 7.40. The van der Waals surface area contributed by atoms with Gasteiger partial charge in [-0.3, -0.25) is 4.40 Å². The van der Waals surface area contributed by atoms with Crippen LogP contribution < -0.4 is 0 Å². The predicted molar refractivity (Wildman–Crippen MR) is 87.3 cm³/mol. The maximum absolute atomic E-state index is 13.0. The molecule has 0 aliphatic rings. The second-order valence-corrected chi connectivity index (χ2v) is 7.90. The molecule has 0 saturated carbocycles. The summed E-state index contributed by atoms with van der Waals surface area (Å²) in [5.74, 6) is 0. The molecule has 0 N–H and O–H groups in total. The zero-order valence-corrected chi connectivity index (χ0v) is 13.8. The fraction of sp³-hybridized carbons (Fsp3) is 0.0714. The molecular formula is C14H10ClN3O2S2. The van der Waals surface area contributed by atoms with E-state index in [0.717, 1.165) is 10.9 Å². The SMILES string of the molecule is Cc1ccc2c(ccn2S(=O)(=O)c2c(Cl)nc3sccn23)c1. The lowest BCUT2D eigenvalue weighted by molar-refractivity contribution is 0.584. The van der Waals surface area contributed by atoms with Crippen molar-refractivity contribution in [2.75, 3.05) is 0 Å². The van der Waals surface area contributed by atoms with Crippen molar-refractivity contribution in [3.8, 4) is 0 Å². The van der Waals surface area contributed by atoms with Crippen molar-refractivity contribution in [1.82, 2.24) is 13.4 Å². The van der Waals surface area contributed by atoms with Crippen LogP contribution in [0.3, 0.4) is 0 Å². The minimum absolute atomic E-state index is 0.0107. The molecule has 0 aliphatic carbocycles. The van der Waals surface area contributed by atoms with Crippen molar-refractivity contribution >= 4 is 48.8 Å². The maximum Gasteiger partial charge on any atom is 0.287 e. The lowest BCUT2D eigenvalue weighted by Crippen LogP contribution is -2.14. The molecule has 0 fully saturated rings. The van der Waals surface area contributed by atoms with Crippen molar-refractivity contribution in [3.05, 3.63) is 52.8 Å². The summed E-state index contributed by atoms with van der Waals surface area (Å²) in [7, 11) is -3.83.